The Morgan fingerprint density at radius 2 is 1.79 bits per heavy atom. The number of carboxylic acid groups (broad SMARTS) is 1. The zero-order chi connectivity index (χ0) is 24.9. The molecule has 11 heteroatoms. The van der Waals surface area contributed by atoms with Gasteiger partial charge in [0.25, 0.3) is 0 Å². The number of alkyl halides is 3. The van der Waals surface area contributed by atoms with E-state index >= 15 is 0 Å². The molecule has 0 spiro atoms. The van der Waals surface area contributed by atoms with Crippen LogP contribution in [0.15, 0.2) is 36.4 Å². The molecule has 2 unspecified atom stereocenters. The Morgan fingerprint density at radius 1 is 1.18 bits per heavy atom. The van der Waals surface area contributed by atoms with Crippen LogP contribution < -0.4 is 10.1 Å². The summed E-state index contributed by atoms with van der Waals surface area (Å²) in [4.78, 5) is 12.8. The quantitative estimate of drug-likeness (QED) is 0.657. The van der Waals surface area contributed by atoms with Crippen LogP contribution in [0.2, 0.25) is 0 Å². The topological polar surface area (TPSA) is 95.9 Å². The Hall–Kier alpha value is -2.63. The third-order valence-corrected chi connectivity index (χ3v) is 9.19. The van der Waals surface area contributed by atoms with Crippen LogP contribution in [0.5, 0.6) is 5.75 Å². The Bertz CT molecular complexity index is 1210. The van der Waals surface area contributed by atoms with Gasteiger partial charge < -0.3 is 15.2 Å². The molecule has 2 aromatic carbocycles. The van der Waals surface area contributed by atoms with E-state index in [4.69, 9.17) is 0 Å². The van der Waals surface area contributed by atoms with Gasteiger partial charge in [-0.05, 0) is 53.6 Å². The van der Waals surface area contributed by atoms with Crippen LogP contribution in [0, 0.1) is 12.8 Å². The van der Waals surface area contributed by atoms with Crippen LogP contribution in [-0.2, 0) is 26.0 Å². The summed E-state index contributed by atoms with van der Waals surface area (Å²) in [6.07, 6.45) is -4.62. The molecule has 1 heterocycles. The second-order valence-electron chi connectivity index (χ2n) is 8.71. The van der Waals surface area contributed by atoms with Crippen LogP contribution in [0.4, 0.5) is 13.2 Å². The molecule has 0 amide bonds. The van der Waals surface area contributed by atoms with E-state index in [2.05, 4.69) is 10.1 Å². The number of rotatable bonds is 5. The predicted octanol–water partition coefficient (Wildman–Crippen LogP) is 3.27. The maximum absolute atomic E-state index is 13.9. The number of halogens is 3. The van der Waals surface area contributed by atoms with E-state index < -0.39 is 33.0 Å². The van der Waals surface area contributed by atoms with Crippen LogP contribution in [-0.4, -0.2) is 56.3 Å². The van der Waals surface area contributed by atoms with Gasteiger partial charge in [-0.2, -0.15) is 4.31 Å². The van der Waals surface area contributed by atoms with Crippen molar-refractivity contribution in [2.75, 3.05) is 26.2 Å². The van der Waals surface area contributed by atoms with Gasteiger partial charge in [0.15, 0.2) is 0 Å². The third kappa shape index (κ3) is 3.95. The van der Waals surface area contributed by atoms with Gasteiger partial charge >= 0.3 is 12.3 Å². The predicted molar refractivity (Wildman–Crippen MR) is 119 cm³/mol. The maximum atomic E-state index is 13.9. The van der Waals surface area contributed by atoms with Crippen molar-refractivity contribution in [2.24, 2.45) is 5.92 Å². The molecule has 0 saturated carbocycles. The lowest BCUT2D eigenvalue weighted by Crippen LogP contribution is -2.57. The highest BCUT2D eigenvalue weighted by molar-refractivity contribution is 7.90. The fourth-order valence-corrected chi connectivity index (χ4v) is 7.44. The van der Waals surface area contributed by atoms with Crippen LogP contribution in [0.1, 0.15) is 23.6 Å². The number of benzene rings is 2. The summed E-state index contributed by atoms with van der Waals surface area (Å²) >= 11 is 0. The minimum absolute atomic E-state index is 0.179. The number of aryl methyl sites for hydroxylation is 1. The van der Waals surface area contributed by atoms with Crippen molar-refractivity contribution >= 4 is 16.0 Å². The highest BCUT2D eigenvalue weighted by Gasteiger charge is 2.62. The lowest BCUT2D eigenvalue weighted by Gasteiger charge is -2.37. The number of carbonyl (C=O) groups is 1. The first-order chi connectivity index (χ1) is 15.9. The summed E-state index contributed by atoms with van der Waals surface area (Å²) in [6.45, 7) is 4.58. The Labute approximate surface area is 195 Å². The molecule has 0 bridgehead atoms. The van der Waals surface area contributed by atoms with Crippen molar-refractivity contribution in [3.63, 3.8) is 0 Å². The van der Waals surface area contributed by atoms with Crippen LogP contribution in [0.25, 0.3) is 11.1 Å². The molecule has 34 heavy (non-hydrogen) atoms. The smallest absolute Gasteiger partial charge is 0.480 e. The number of sulfonamides is 1. The molecule has 1 saturated heterocycles. The van der Waals surface area contributed by atoms with E-state index in [1.54, 1.807) is 26.0 Å². The molecule has 1 aliphatic carbocycles. The number of nitrogens with zero attached hydrogens (tertiary/aromatic N) is 1. The maximum Gasteiger partial charge on any atom is 0.573 e. The summed E-state index contributed by atoms with van der Waals surface area (Å²) in [7, 11) is -4.28. The van der Waals surface area contributed by atoms with Crippen molar-refractivity contribution < 1.29 is 36.2 Å². The highest BCUT2D eigenvalue weighted by atomic mass is 32.2. The molecule has 184 valence electrons. The second-order valence-corrected chi connectivity index (χ2v) is 10.8. The van der Waals surface area contributed by atoms with E-state index in [0.717, 1.165) is 0 Å². The number of hydrogen-bond donors (Lipinski definition) is 2. The lowest BCUT2D eigenvalue weighted by atomic mass is 9.90. The van der Waals surface area contributed by atoms with Crippen LogP contribution >= 0.6 is 0 Å². The molecular weight excluding hydrogens is 473 g/mol. The van der Waals surface area contributed by atoms with Crippen molar-refractivity contribution in [3.8, 4) is 16.9 Å². The summed E-state index contributed by atoms with van der Waals surface area (Å²) in [6, 6.07) is 8.66. The summed E-state index contributed by atoms with van der Waals surface area (Å²) in [5.41, 5.74) is 2.58. The molecule has 4 rings (SSSR count). The van der Waals surface area contributed by atoms with Gasteiger partial charge in [0.2, 0.25) is 14.8 Å². The number of aliphatic carboxylic acids is 1. The number of hydrogen-bond acceptors (Lipinski definition) is 5. The average Bonchev–Trinajstić information content (AvgIpc) is 3.06. The lowest BCUT2D eigenvalue weighted by molar-refractivity contribution is -0.274. The molecule has 2 aromatic rings. The normalized spacial score (nSPS) is 23.5. The molecule has 0 radical (unpaired) electrons. The zero-order valence-electron chi connectivity index (χ0n) is 18.6. The van der Waals surface area contributed by atoms with Gasteiger partial charge in [-0.25, -0.2) is 8.42 Å². The fraction of sp³-hybridized carbons (Fsp3) is 0.435. The largest absolute Gasteiger partial charge is 0.573 e. The molecular formula is C23H25F3N2O5S. The Morgan fingerprint density at radius 3 is 2.35 bits per heavy atom. The van der Waals surface area contributed by atoms with Crippen LogP contribution in [0.3, 0.4) is 0 Å². The molecule has 1 fully saturated rings. The van der Waals surface area contributed by atoms with Crippen molar-refractivity contribution in [1.82, 2.24) is 9.62 Å². The standard InChI is InChI=1S/C23H25F3N2O5S/c1-14-11-18(16-3-5-17(6-4-16)33-23(24,25)26)19-13-15(2)22(21(29)30,20(19)12-14)34(31,32)28-9-7-27-8-10-28/h3-6,11-12,15,27H,7-10,13H2,1-2H3,(H,29,30). The Kier molecular flexibility index (Phi) is 6.16. The molecule has 0 aromatic heterocycles. The molecule has 2 aliphatic rings. The monoisotopic (exact) mass is 498 g/mol. The van der Waals surface area contributed by atoms with E-state index in [9.17, 15) is 31.5 Å². The van der Waals surface area contributed by atoms with E-state index in [1.165, 1.54) is 28.6 Å². The van der Waals surface area contributed by atoms with Gasteiger partial charge in [-0.15, -0.1) is 13.2 Å². The van der Waals surface area contributed by atoms with Crippen molar-refractivity contribution in [3.05, 3.63) is 53.1 Å². The van der Waals surface area contributed by atoms with Gasteiger partial charge in [-0.1, -0.05) is 36.8 Å². The third-order valence-electron chi connectivity index (χ3n) is 6.54. The summed E-state index contributed by atoms with van der Waals surface area (Å²) in [5.74, 6) is -2.56. The van der Waals surface area contributed by atoms with Gasteiger partial charge in [0.1, 0.15) is 5.75 Å². The fourth-order valence-electron chi connectivity index (χ4n) is 5.09. The molecule has 2 N–H and O–H groups in total. The second kappa shape index (κ2) is 8.54. The van der Waals surface area contributed by atoms with E-state index in [1.807, 2.05) is 0 Å². The highest BCUT2D eigenvalue weighted by Crippen LogP contribution is 2.51. The molecule has 7 nitrogen and oxygen atoms in total. The van der Waals surface area contributed by atoms with E-state index in [-0.39, 0.29) is 30.8 Å². The van der Waals surface area contributed by atoms with Gasteiger partial charge in [-0.3, -0.25) is 4.79 Å². The number of nitrogens with one attached hydrogen (secondary N) is 1. The number of piperazine rings is 1. The van der Waals surface area contributed by atoms with Crippen molar-refractivity contribution in [2.45, 2.75) is 31.4 Å². The minimum atomic E-state index is -4.82. The van der Waals surface area contributed by atoms with E-state index in [0.29, 0.717) is 35.3 Å². The minimum Gasteiger partial charge on any atom is -0.480 e. The number of ether oxygens (including phenoxy) is 1. The van der Waals surface area contributed by atoms with Gasteiger partial charge in [0.05, 0.1) is 0 Å². The number of fused-ring (bicyclic) bond motifs is 1. The molecule has 1 aliphatic heterocycles. The molecule has 2 atom stereocenters. The van der Waals surface area contributed by atoms with Gasteiger partial charge in [0, 0.05) is 26.2 Å². The summed E-state index contributed by atoms with van der Waals surface area (Å²) < 4.78 is 68.3. The average molecular weight is 499 g/mol. The summed E-state index contributed by atoms with van der Waals surface area (Å²) in [5, 5.41) is 13.5. The zero-order valence-corrected chi connectivity index (χ0v) is 19.5. The number of carboxylic acids is 1. The first-order valence-electron chi connectivity index (χ1n) is 10.8. The first kappa shape index (κ1) is 24.5. The first-order valence-corrected chi connectivity index (χ1v) is 12.3. The Balaban J connectivity index is 1.86. The SMILES string of the molecule is Cc1cc(-c2ccc(OC(F)(F)F)cc2)c2c(c1)C(C(=O)O)(S(=O)(=O)N1CCNCC1)C(C)C2. The van der Waals surface area contributed by atoms with Crippen molar-refractivity contribution in [1.29, 1.82) is 0 Å².